The van der Waals surface area contributed by atoms with E-state index in [1.165, 1.54) is 6.21 Å². The minimum atomic E-state index is -0.429. The van der Waals surface area contributed by atoms with Crippen LogP contribution in [-0.4, -0.2) is 18.1 Å². The van der Waals surface area contributed by atoms with Gasteiger partial charge in [-0.25, -0.2) is 10.2 Å². The Bertz CT molecular complexity index is 1170. The number of ether oxygens (including phenoxy) is 1. The SMILES string of the molecule is CC(C)(C)c1ccc(C(=O)Oc2ccc(/C=N\NC(=O)c3ccc(C#N)cc3)cc2)cc1. The molecular formula is C26H23N3O3. The van der Waals surface area contributed by atoms with E-state index in [1.807, 2.05) is 18.2 Å². The number of nitriles is 1. The van der Waals surface area contributed by atoms with Gasteiger partial charge in [0.25, 0.3) is 5.91 Å². The smallest absolute Gasteiger partial charge is 0.343 e. The van der Waals surface area contributed by atoms with Gasteiger partial charge in [-0.15, -0.1) is 0 Å². The van der Waals surface area contributed by atoms with Crippen LogP contribution in [0.5, 0.6) is 5.75 Å². The van der Waals surface area contributed by atoms with Crippen LogP contribution in [0.4, 0.5) is 0 Å². The lowest BCUT2D eigenvalue weighted by molar-refractivity contribution is 0.0734. The Morgan fingerprint density at radius 1 is 0.906 bits per heavy atom. The van der Waals surface area contributed by atoms with Gasteiger partial charge >= 0.3 is 5.97 Å². The maximum atomic E-state index is 12.4. The van der Waals surface area contributed by atoms with Gasteiger partial charge < -0.3 is 4.74 Å². The quantitative estimate of drug-likeness (QED) is 0.274. The third-order valence-corrected chi connectivity index (χ3v) is 4.73. The Morgan fingerprint density at radius 2 is 1.50 bits per heavy atom. The van der Waals surface area contributed by atoms with Crippen molar-refractivity contribution in [1.29, 1.82) is 5.26 Å². The van der Waals surface area contributed by atoms with Crippen LogP contribution in [0.25, 0.3) is 0 Å². The summed E-state index contributed by atoms with van der Waals surface area (Å²) in [4.78, 5) is 24.4. The number of nitrogens with zero attached hydrogens (tertiary/aromatic N) is 2. The van der Waals surface area contributed by atoms with Crippen LogP contribution in [-0.2, 0) is 5.41 Å². The van der Waals surface area contributed by atoms with Crippen molar-refractivity contribution in [3.8, 4) is 11.8 Å². The molecule has 6 heteroatoms. The molecule has 0 radical (unpaired) electrons. The number of carbonyl (C=O) groups is 2. The summed E-state index contributed by atoms with van der Waals surface area (Å²) in [6.07, 6.45) is 1.48. The van der Waals surface area contributed by atoms with Crippen molar-refractivity contribution >= 4 is 18.1 Å². The Hall–Kier alpha value is -4.24. The number of carbonyl (C=O) groups excluding carboxylic acids is 2. The van der Waals surface area contributed by atoms with Crippen LogP contribution in [0.1, 0.15) is 58.2 Å². The molecule has 1 N–H and O–H groups in total. The molecule has 32 heavy (non-hydrogen) atoms. The second-order valence-corrected chi connectivity index (χ2v) is 8.17. The van der Waals surface area contributed by atoms with Gasteiger partial charge in [0.05, 0.1) is 23.4 Å². The van der Waals surface area contributed by atoms with E-state index in [-0.39, 0.29) is 11.3 Å². The number of amides is 1. The standard InChI is InChI=1S/C26H23N3O3/c1-26(2,3)22-12-10-21(11-13-22)25(31)32-23-14-6-19(7-15-23)17-28-29-24(30)20-8-4-18(16-27)5-9-20/h4-15,17H,1-3H3,(H,29,30)/b28-17-. The summed E-state index contributed by atoms with van der Waals surface area (Å²) in [5.41, 5.74) is 5.67. The predicted molar refractivity (Wildman–Crippen MR) is 123 cm³/mol. The summed E-state index contributed by atoms with van der Waals surface area (Å²) in [5, 5.41) is 12.7. The topological polar surface area (TPSA) is 91.5 Å². The normalized spacial score (nSPS) is 11.1. The maximum Gasteiger partial charge on any atom is 0.343 e. The Morgan fingerprint density at radius 3 is 2.06 bits per heavy atom. The lowest BCUT2D eigenvalue weighted by Crippen LogP contribution is -2.17. The van der Waals surface area contributed by atoms with E-state index in [2.05, 4.69) is 31.3 Å². The summed E-state index contributed by atoms with van der Waals surface area (Å²) in [6.45, 7) is 6.34. The zero-order valence-electron chi connectivity index (χ0n) is 18.1. The molecule has 0 bridgehead atoms. The van der Waals surface area contributed by atoms with Gasteiger partial charge in [0, 0.05) is 5.56 Å². The molecule has 0 fully saturated rings. The average Bonchev–Trinajstić information content (AvgIpc) is 2.79. The molecule has 3 aromatic rings. The number of esters is 1. The molecule has 0 saturated heterocycles. The van der Waals surface area contributed by atoms with E-state index in [0.29, 0.717) is 22.4 Å². The van der Waals surface area contributed by atoms with Crippen LogP contribution in [0, 0.1) is 11.3 Å². The summed E-state index contributed by atoms with van der Waals surface area (Å²) in [5.74, 6) is -0.399. The minimum absolute atomic E-state index is 0.0152. The minimum Gasteiger partial charge on any atom is -0.423 e. The van der Waals surface area contributed by atoms with Crippen molar-refractivity contribution in [2.75, 3.05) is 0 Å². The molecule has 3 aromatic carbocycles. The summed E-state index contributed by atoms with van der Waals surface area (Å²) < 4.78 is 5.42. The number of hydrazone groups is 1. The first-order valence-electron chi connectivity index (χ1n) is 10.0. The molecule has 0 aliphatic rings. The number of benzene rings is 3. The van der Waals surface area contributed by atoms with Crippen molar-refractivity contribution in [2.24, 2.45) is 5.10 Å². The molecule has 0 unspecified atom stereocenters. The van der Waals surface area contributed by atoms with Crippen molar-refractivity contribution in [3.63, 3.8) is 0 Å². The van der Waals surface area contributed by atoms with Crippen molar-refractivity contribution in [2.45, 2.75) is 26.2 Å². The highest BCUT2D eigenvalue weighted by Gasteiger charge is 2.15. The second-order valence-electron chi connectivity index (χ2n) is 8.17. The summed E-state index contributed by atoms with van der Waals surface area (Å²) in [7, 11) is 0. The van der Waals surface area contributed by atoms with E-state index in [0.717, 1.165) is 11.1 Å². The van der Waals surface area contributed by atoms with Crippen molar-refractivity contribution in [3.05, 3.63) is 101 Å². The molecule has 0 aliphatic heterocycles. The lowest BCUT2D eigenvalue weighted by atomic mass is 9.87. The van der Waals surface area contributed by atoms with Crippen LogP contribution in [0.2, 0.25) is 0 Å². The Balaban J connectivity index is 1.55. The van der Waals surface area contributed by atoms with Crippen LogP contribution < -0.4 is 10.2 Å². The fraction of sp³-hybridized carbons (Fsp3) is 0.154. The number of rotatable bonds is 5. The molecule has 0 aromatic heterocycles. The zero-order valence-corrected chi connectivity index (χ0v) is 18.1. The van der Waals surface area contributed by atoms with Gasteiger partial charge in [-0.05, 0) is 77.2 Å². The van der Waals surface area contributed by atoms with Gasteiger partial charge in [0.15, 0.2) is 0 Å². The van der Waals surface area contributed by atoms with Crippen LogP contribution in [0.15, 0.2) is 77.9 Å². The van der Waals surface area contributed by atoms with E-state index in [1.54, 1.807) is 60.7 Å². The number of nitrogens with one attached hydrogen (secondary N) is 1. The molecule has 0 spiro atoms. The molecular weight excluding hydrogens is 402 g/mol. The average molecular weight is 425 g/mol. The molecule has 0 heterocycles. The molecule has 1 amide bonds. The fourth-order valence-corrected chi connectivity index (χ4v) is 2.82. The fourth-order valence-electron chi connectivity index (χ4n) is 2.82. The first kappa shape index (κ1) is 22.4. The highest BCUT2D eigenvalue weighted by molar-refractivity contribution is 5.95. The molecule has 0 aliphatic carbocycles. The highest BCUT2D eigenvalue weighted by Crippen LogP contribution is 2.22. The number of hydrogen-bond donors (Lipinski definition) is 1. The van der Waals surface area contributed by atoms with Crippen molar-refractivity contribution in [1.82, 2.24) is 5.43 Å². The highest BCUT2D eigenvalue weighted by atomic mass is 16.5. The summed E-state index contributed by atoms with van der Waals surface area (Å²) >= 11 is 0. The van der Waals surface area contributed by atoms with Gasteiger partial charge in [-0.3, -0.25) is 4.79 Å². The van der Waals surface area contributed by atoms with E-state index >= 15 is 0 Å². The van der Waals surface area contributed by atoms with Gasteiger partial charge in [0.1, 0.15) is 5.75 Å². The summed E-state index contributed by atoms with van der Waals surface area (Å²) in [6, 6.07) is 22.4. The largest absolute Gasteiger partial charge is 0.423 e. The Kier molecular flexibility index (Phi) is 6.81. The predicted octanol–water partition coefficient (Wildman–Crippen LogP) is 4.84. The van der Waals surface area contributed by atoms with Gasteiger partial charge in [-0.2, -0.15) is 10.4 Å². The van der Waals surface area contributed by atoms with E-state index < -0.39 is 5.97 Å². The monoisotopic (exact) mass is 425 g/mol. The molecule has 6 nitrogen and oxygen atoms in total. The zero-order chi connectivity index (χ0) is 23.1. The first-order chi connectivity index (χ1) is 15.3. The van der Waals surface area contributed by atoms with Crippen molar-refractivity contribution < 1.29 is 14.3 Å². The molecule has 0 saturated carbocycles. The van der Waals surface area contributed by atoms with E-state index in [4.69, 9.17) is 10.00 Å². The third kappa shape index (κ3) is 5.89. The molecule has 160 valence electrons. The second kappa shape index (κ2) is 9.71. The third-order valence-electron chi connectivity index (χ3n) is 4.73. The van der Waals surface area contributed by atoms with Crippen LogP contribution >= 0.6 is 0 Å². The lowest BCUT2D eigenvalue weighted by Gasteiger charge is -2.18. The molecule has 3 rings (SSSR count). The first-order valence-corrected chi connectivity index (χ1v) is 10.0. The Labute approximate surface area is 187 Å². The maximum absolute atomic E-state index is 12.4. The van der Waals surface area contributed by atoms with Crippen LogP contribution in [0.3, 0.4) is 0 Å². The number of hydrogen-bond acceptors (Lipinski definition) is 5. The molecule has 0 atom stereocenters. The van der Waals surface area contributed by atoms with E-state index in [9.17, 15) is 9.59 Å². The van der Waals surface area contributed by atoms with Gasteiger partial charge in [0.2, 0.25) is 0 Å². The van der Waals surface area contributed by atoms with Gasteiger partial charge in [-0.1, -0.05) is 32.9 Å².